The summed E-state index contributed by atoms with van der Waals surface area (Å²) in [5.74, 6) is -0.313. The molecule has 0 atom stereocenters. The number of amides is 2. The van der Waals surface area contributed by atoms with Crippen LogP contribution in [0.1, 0.15) is 16.2 Å². The first-order valence-corrected chi connectivity index (χ1v) is 8.94. The molecule has 0 spiro atoms. The maximum absolute atomic E-state index is 12.2. The highest BCUT2D eigenvalue weighted by atomic mass is 35.5. The van der Waals surface area contributed by atoms with E-state index in [0.717, 1.165) is 0 Å². The van der Waals surface area contributed by atoms with Gasteiger partial charge < -0.3 is 15.2 Å². The summed E-state index contributed by atoms with van der Waals surface area (Å²) in [4.78, 5) is 44.6. The topological polar surface area (TPSA) is 95.2 Å². The number of fused-ring (bicyclic) bond motifs is 1. The van der Waals surface area contributed by atoms with Gasteiger partial charge in [-0.15, -0.1) is 11.3 Å². The van der Waals surface area contributed by atoms with Gasteiger partial charge in [0.25, 0.3) is 11.5 Å². The molecule has 0 saturated heterocycles. The third kappa shape index (κ3) is 4.09. The van der Waals surface area contributed by atoms with Gasteiger partial charge in [-0.2, -0.15) is 0 Å². The maximum Gasteiger partial charge on any atom is 0.268 e. The van der Waals surface area contributed by atoms with Gasteiger partial charge in [-0.25, -0.2) is 4.98 Å². The predicted molar refractivity (Wildman–Crippen MR) is 100 cm³/mol. The zero-order valence-corrected chi connectivity index (χ0v) is 15.4. The monoisotopic (exact) mass is 390 g/mol. The van der Waals surface area contributed by atoms with Crippen LogP contribution < -0.4 is 10.9 Å². The fourth-order valence-corrected chi connectivity index (χ4v) is 3.25. The number of halogens is 1. The van der Waals surface area contributed by atoms with Gasteiger partial charge in [0.1, 0.15) is 10.5 Å². The molecule has 3 aromatic rings. The summed E-state index contributed by atoms with van der Waals surface area (Å²) in [7, 11) is 1.58. The number of hydrogen-bond acceptors (Lipinski definition) is 5. The van der Waals surface area contributed by atoms with Crippen LogP contribution in [0.3, 0.4) is 0 Å². The lowest BCUT2D eigenvalue weighted by Gasteiger charge is -2.17. The number of likely N-dealkylation sites (N-methyl/N-ethyl adjacent to an activating group) is 1. The van der Waals surface area contributed by atoms with E-state index in [0.29, 0.717) is 26.6 Å². The summed E-state index contributed by atoms with van der Waals surface area (Å²) in [5.41, 5.74) is 0.751. The van der Waals surface area contributed by atoms with Gasteiger partial charge in [0.2, 0.25) is 5.91 Å². The zero-order chi connectivity index (χ0) is 18.7. The third-order valence-electron chi connectivity index (χ3n) is 3.66. The number of nitrogens with zero attached hydrogens (tertiary/aromatic N) is 2. The first-order chi connectivity index (χ1) is 12.4. The highest BCUT2D eigenvalue weighted by Crippen LogP contribution is 2.14. The van der Waals surface area contributed by atoms with Crippen LogP contribution in [0.25, 0.3) is 10.2 Å². The molecule has 0 bridgehead atoms. The molecule has 7 nitrogen and oxygen atoms in total. The van der Waals surface area contributed by atoms with Gasteiger partial charge in [-0.3, -0.25) is 14.4 Å². The van der Waals surface area contributed by atoms with Gasteiger partial charge in [0, 0.05) is 17.6 Å². The first-order valence-electron chi connectivity index (χ1n) is 7.68. The number of carbonyl (C=O) groups excluding carboxylic acids is 2. The molecule has 2 heterocycles. The van der Waals surface area contributed by atoms with Gasteiger partial charge >= 0.3 is 0 Å². The van der Waals surface area contributed by atoms with Crippen LogP contribution in [0.2, 0.25) is 5.02 Å². The van der Waals surface area contributed by atoms with Crippen molar-refractivity contribution in [2.24, 2.45) is 0 Å². The molecule has 0 fully saturated rings. The zero-order valence-electron chi connectivity index (χ0n) is 13.8. The van der Waals surface area contributed by atoms with Crippen molar-refractivity contribution in [2.45, 2.75) is 6.54 Å². The average Bonchev–Trinajstić information content (AvgIpc) is 3.08. The molecular formula is C17H15ClN4O3S. The van der Waals surface area contributed by atoms with Crippen LogP contribution in [0.15, 0.2) is 40.5 Å². The maximum atomic E-state index is 12.2. The summed E-state index contributed by atoms with van der Waals surface area (Å²) in [6.07, 6.45) is 0. The van der Waals surface area contributed by atoms with E-state index in [4.69, 9.17) is 11.6 Å². The average molecular weight is 391 g/mol. The van der Waals surface area contributed by atoms with E-state index in [9.17, 15) is 14.4 Å². The molecule has 9 heteroatoms. The van der Waals surface area contributed by atoms with Crippen LogP contribution in [0, 0.1) is 0 Å². The lowest BCUT2D eigenvalue weighted by molar-refractivity contribution is -0.129. The Labute approximate surface area is 157 Å². The van der Waals surface area contributed by atoms with Crippen LogP contribution in [0.4, 0.5) is 0 Å². The highest BCUT2D eigenvalue weighted by Gasteiger charge is 2.14. The number of rotatable bonds is 5. The lowest BCUT2D eigenvalue weighted by atomic mass is 10.2. The Morgan fingerprint density at radius 1 is 1.35 bits per heavy atom. The molecule has 3 rings (SSSR count). The Bertz CT molecular complexity index is 1030. The molecule has 2 aromatic heterocycles. The number of H-pyrrole nitrogens is 1. The van der Waals surface area contributed by atoms with Crippen molar-refractivity contribution in [3.8, 4) is 0 Å². The van der Waals surface area contributed by atoms with E-state index >= 15 is 0 Å². The minimum Gasteiger partial charge on any atom is -0.343 e. The van der Waals surface area contributed by atoms with Gasteiger partial charge in [-0.05, 0) is 29.6 Å². The second-order valence-corrected chi connectivity index (χ2v) is 6.94. The third-order valence-corrected chi connectivity index (χ3v) is 4.80. The first kappa shape index (κ1) is 18.1. The smallest absolute Gasteiger partial charge is 0.268 e. The minimum absolute atomic E-state index is 0.132. The number of aromatic amines is 1. The summed E-state index contributed by atoms with van der Waals surface area (Å²) in [6, 6.07) is 8.21. The molecule has 0 aliphatic rings. The second kappa shape index (κ2) is 7.67. The Balaban J connectivity index is 1.60. The Kier molecular flexibility index (Phi) is 5.34. The van der Waals surface area contributed by atoms with Gasteiger partial charge in [0.05, 0.1) is 18.6 Å². The van der Waals surface area contributed by atoms with E-state index in [1.165, 1.54) is 22.3 Å². The number of hydrogen-bond donors (Lipinski definition) is 2. The van der Waals surface area contributed by atoms with E-state index in [2.05, 4.69) is 15.3 Å². The van der Waals surface area contributed by atoms with E-state index in [-0.39, 0.29) is 30.5 Å². The van der Waals surface area contributed by atoms with Crippen LogP contribution in [-0.2, 0) is 11.3 Å². The Morgan fingerprint density at radius 3 is 2.92 bits per heavy atom. The molecule has 26 heavy (non-hydrogen) atoms. The van der Waals surface area contributed by atoms with Crippen molar-refractivity contribution >= 4 is 45.0 Å². The minimum atomic E-state index is -0.388. The van der Waals surface area contributed by atoms with Crippen molar-refractivity contribution in [2.75, 3.05) is 13.6 Å². The molecule has 1 aromatic carbocycles. The number of aromatic nitrogens is 2. The lowest BCUT2D eigenvalue weighted by Crippen LogP contribution is -2.38. The van der Waals surface area contributed by atoms with Crippen LogP contribution >= 0.6 is 22.9 Å². The molecular weight excluding hydrogens is 376 g/mol. The summed E-state index contributed by atoms with van der Waals surface area (Å²) < 4.78 is 0.552. The van der Waals surface area contributed by atoms with Crippen LogP contribution in [0.5, 0.6) is 0 Å². The highest BCUT2D eigenvalue weighted by molar-refractivity contribution is 7.17. The Hall–Kier alpha value is -2.71. The largest absolute Gasteiger partial charge is 0.343 e. The standard InChI is InChI=1S/C17H15ClN4O3S/c1-22(9-13-20-12-5-6-26-15(12)17(25)21-13)14(23)8-19-16(24)10-3-2-4-11(18)7-10/h2-7H,8-9H2,1H3,(H,19,24)(H,20,21,25). The van der Waals surface area contributed by atoms with Gasteiger partial charge in [-0.1, -0.05) is 17.7 Å². The number of carbonyl (C=O) groups is 2. The fraction of sp³-hybridized carbons (Fsp3) is 0.176. The number of thiophene rings is 1. The molecule has 0 aliphatic carbocycles. The molecule has 0 aliphatic heterocycles. The van der Waals surface area contributed by atoms with Gasteiger partial charge in [0.15, 0.2) is 0 Å². The molecule has 0 radical (unpaired) electrons. The van der Waals surface area contributed by atoms with E-state index in [1.54, 1.807) is 36.7 Å². The molecule has 2 N–H and O–H groups in total. The van der Waals surface area contributed by atoms with Crippen molar-refractivity contribution in [3.05, 3.63) is 62.5 Å². The van der Waals surface area contributed by atoms with Crippen molar-refractivity contribution in [1.29, 1.82) is 0 Å². The quantitative estimate of drug-likeness (QED) is 0.696. The molecule has 2 amide bonds. The molecule has 134 valence electrons. The summed E-state index contributed by atoms with van der Waals surface area (Å²) in [5, 5.41) is 4.78. The summed E-state index contributed by atoms with van der Waals surface area (Å²) in [6.45, 7) is -0.0420. The predicted octanol–water partition coefficient (Wildman–Crippen LogP) is 2.03. The second-order valence-electron chi connectivity index (χ2n) is 5.59. The van der Waals surface area contributed by atoms with Crippen molar-refractivity contribution < 1.29 is 9.59 Å². The molecule has 0 saturated carbocycles. The Morgan fingerprint density at radius 2 is 2.15 bits per heavy atom. The normalized spacial score (nSPS) is 10.7. The van der Waals surface area contributed by atoms with Crippen molar-refractivity contribution in [3.63, 3.8) is 0 Å². The summed E-state index contributed by atoms with van der Waals surface area (Å²) >= 11 is 7.16. The SMILES string of the molecule is CN(Cc1nc2ccsc2c(=O)[nH]1)C(=O)CNC(=O)c1cccc(Cl)c1. The van der Waals surface area contributed by atoms with E-state index < -0.39 is 0 Å². The number of benzene rings is 1. The number of nitrogens with one attached hydrogen (secondary N) is 2. The molecule has 0 unspecified atom stereocenters. The van der Waals surface area contributed by atoms with Crippen molar-refractivity contribution in [1.82, 2.24) is 20.2 Å². The fourth-order valence-electron chi connectivity index (χ4n) is 2.33. The van der Waals surface area contributed by atoms with E-state index in [1.807, 2.05) is 0 Å². The van der Waals surface area contributed by atoms with Crippen LogP contribution in [-0.4, -0.2) is 40.3 Å².